The SMILES string of the molecule is C=C(C)[C@@H]1CC=C(CN2CCN(c3ccccc3F)CC2)CC1. The van der Waals surface area contributed by atoms with Crippen LogP contribution in [0.1, 0.15) is 26.2 Å². The molecular formula is C20H27FN2. The van der Waals surface area contributed by atoms with Crippen molar-refractivity contribution in [3.05, 3.63) is 53.9 Å². The Balaban J connectivity index is 1.50. The van der Waals surface area contributed by atoms with Gasteiger partial charge in [-0.1, -0.05) is 35.9 Å². The predicted octanol–water partition coefficient (Wildman–Crippen LogP) is 4.25. The normalized spacial score (nSPS) is 22.8. The standard InChI is InChI=1S/C20H27FN2/c1-16(2)18-9-7-17(8-10-18)15-22-11-13-23(14-12-22)20-6-4-3-5-19(20)21/h3-7,18H,1,8-15H2,2H3/t18-/m1/s1. The molecule has 2 aliphatic rings. The summed E-state index contributed by atoms with van der Waals surface area (Å²) < 4.78 is 13.9. The number of hydrogen-bond acceptors (Lipinski definition) is 2. The fourth-order valence-corrected chi connectivity index (χ4v) is 3.62. The van der Waals surface area contributed by atoms with Crippen LogP contribution in [0.2, 0.25) is 0 Å². The molecule has 1 atom stereocenters. The first-order valence-electron chi connectivity index (χ1n) is 8.68. The molecule has 23 heavy (non-hydrogen) atoms. The molecule has 1 aromatic carbocycles. The molecule has 1 fully saturated rings. The van der Waals surface area contributed by atoms with Gasteiger partial charge in [0.1, 0.15) is 5.82 Å². The molecular weight excluding hydrogens is 287 g/mol. The second kappa shape index (κ2) is 7.31. The molecule has 1 aromatic rings. The van der Waals surface area contributed by atoms with Crippen molar-refractivity contribution in [1.82, 2.24) is 4.90 Å². The number of nitrogens with zero attached hydrogens (tertiary/aromatic N) is 2. The first-order valence-corrected chi connectivity index (χ1v) is 8.68. The zero-order valence-electron chi connectivity index (χ0n) is 14.1. The Labute approximate surface area is 139 Å². The van der Waals surface area contributed by atoms with E-state index < -0.39 is 0 Å². The van der Waals surface area contributed by atoms with Crippen molar-refractivity contribution >= 4 is 5.69 Å². The number of halogens is 1. The quantitative estimate of drug-likeness (QED) is 0.767. The molecule has 3 heteroatoms. The van der Waals surface area contributed by atoms with Crippen LogP contribution in [0.4, 0.5) is 10.1 Å². The minimum atomic E-state index is -0.109. The van der Waals surface area contributed by atoms with Crippen LogP contribution in [0, 0.1) is 11.7 Å². The van der Waals surface area contributed by atoms with Crippen LogP contribution in [-0.2, 0) is 0 Å². The Kier molecular flexibility index (Phi) is 5.16. The summed E-state index contributed by atoms with van der Waals surface area (Å²) in [6.45, 7) is 11.1. The van der Waals surface area contributed by atoms with Gasteiger partial charge in [-0.3, -0.25) is 4.90 Å². The van der Waals surface area contributed by atoms with Crippen LogP contribution >= 0.6 is 0 Å². The summed E-state index contributed by atoms with van der Waals surface area (Å²) in [5, 5.41) is 0. The summed E-state index contributed by atoms with van der Waals surface area (Å²) in [5.74, 6) is 0.568. The molecule has 1 aliphatic carbocycles. The van der Waals surface area contributed by atoms with E-state index in [9.17, 15) is 4.39 Å². The summed E-state index contributed by atoms with van der Waals surface area (Å²) in [5.41, 5.74) is 3.63. The highest BCUT2D eigenvalue weighted by Crippen LogP contribution is 2.29. The largest absolute Gasteiger partial charge is 0.367 e. The van der Waals surface area contributed by atoms with Gasteiger partial charge in [0.05, 0.1) is 5.69 Å². The highest BCUT2D eigenvalue weighted by molar-refractivity contribution is 5.48. The van der Waals surface area contributed by atoms with E-state index in [4.69, 9.17) is 0 Å². The van der Waals surface area contributed by atoms with Crippen molar-refractivity contribution in [1.29, 1.82) is 0 Å². The third-order valence-corrected chi connectivity index (χ3v) is 5.19. The number of hydrogen-bond donors (Lipinski definition) is 0. The number of allylic oxidation sites excluding steroid dienone is 2. The molecule has 3 rings (SSSR count). The van der Waals surface area contributed by atoms with Gasteiger partial charge in [-0.25, -0.2) is 4.39 Å². The second-order valence-corrected chi connectivity index (χ2v) is 6.89. The van der Waals surface area contributed by atoms with E-state index in [1.165, 1.54) is 18.4 Å². The van der Waals surface area contributed by atoms with Crippen molar-refractivity contribution in [3.8, 4) is 0 Å². The molecule has 0 bridgehead atoms. The summed E-state index contributed by atoms with van der Waals surface area (Å²) in [7, 11) is 0. The fourth-order valence-electron chi connectivity index (χ4n) is 3.62. The average molecular weight is 314 g/mol. The van der Waals surface area contributed by atoms with Crippen LogP contribution in [0.3, 0.4) is 0 Å². The minimum Gasteiger partial charge on any atom is -0.367 e. The van der Waals surface area contributed by atoms with E-state index >= 15 is 0 Å². The lowest BCUT2D eigenvalue weighted by atomic mass is 9.85. The Bertz CT molecular complexity index is 585. The lowest BCUT2D eigenvalue weighted by Gasteiger charge is -2.37. The molecule has 1 aliphatic heterocycles. The Morgan fingerprint density at radius 1 is 1.22 bits per heavy atom. The number of piperazine rings is 1. The van der Waals surface area contributed by atoms with Crippen molar-refractivity contribution in [2.45, 2.75) is 26.2 Å². The van der Waals surface area contributed by atoms with E-state index in [1.54, 1.807) is 17.7 Å². The number of para-hydroxylation sites is 1. The zero-order chi connectivity index (χ0) is 16.2. The first kappa shape index (κ1) is 16.3. The number of rotatable bonds is 4. The third kappa shape index (κ3) is 4.03. The monoisotopic (exact) mass is 314 g/mol. The number of anilines is 1. The van der Waals surface area contributed by atoms with Crippen molar-refractivity contribution in [3.63, 3.8) is 0 Å². The van der Waals surface area contributed by atoms with Crippen LogP contribution in [0.5, 0.6) is 0 Å². The fraction of sp³-hybridized carbons (Fsp3) is 0.500. The molecule has 1 saturated heterocycles. The zero-order valence-corrected chi connectivity index (χ0v) is 14.1. The molecule has 0 spiro atoms. The molecule has 0 amide bonds. The Morgan fingerprint density at radius 3 is 2.57 bits per heavy atom. The topological polar surface area (TPSA) is 6.48 Å². The molecule has 0 unspecified atom stereocenters. The average Bonchev–Trinajstić information content (AvgIpc) is 2.57. The molecule has 2 nitrogen and oxygen atoms in total. The molecule has 0 N–H and O–H groups in total. The van der Waals surface area contributed by atoms with Gasteiger partial charge in [-0.05, 0) is 44.2 Å². The smallest absolute Gasteiger partial charge is 0.146 e. The lowest BCUT2D eigenvalue weighted by Crippen LogP contribution is -2.47. The summed E-state index contributed by atoms with van der Waals surface area (Å²) in [6, 6.07) is 7.09. The summed E-state index contributed by atoms with van der Waals surface area (Å²) >= 11 is 0. The van der Waals surface area contributed by atoms with Crippen molar-refractivity contribution in [2.24, 2.45) is 5.92 Å². The van der Waals surface area contributed by atoms with Crippen LogP contribution in [0.15, 0.2) is 48.1 Å². The van der Waals surface area contributed by atoms with Crippen LogP contribution in [0.25, 0.3) is 0 Å². The van der Waals surface area contributed by atoms with E-state index in [0.717, 1.165) is 44.8 Å². The van der Waals surface area contributed by atoms with Gasteiger partial charge < -0.3 is 4.90 Å². The Hall–Kier alpha value is -1.61. The van der Waals surface area contributed by atoms with Gasteiger partial charge >= 0.3 is 0 Å². The van der Waals surface area contributed by atoms with E-state index in [1.807, 2.05) is 12.1 Å². The molecule has 124 valence electrons. The van der Waals surface area contributed by atoms with Crippen molar-refractivity contribution in [2.75, 3.05) is 37.6 Å². The minimum absolute atomic E-state index is 0.109. The van der Waals surface area contributed by atoms with Crippen LogP contribution < -0.4 is 4.90 Å². The predicted molar refractivity (Wildman–Crippen MR) is 95.3 cm³/mol. The summed E-state index contributed by atoms with van der Waals surface area (Å²) in [4.78, 5) is 4.67. The van der Waals surface area contributed by atoms with E-state index in [2.05, 4.69) is 29.4 Å². The maximum Gasteiger partial charge on any atom is 0.146 e. The van der Waals surface area contributed by atoms with Gasteiger partial charge in [0, 0.05) is 32.7 Å². The molecule has 0 aromatic heterocycles. The van der Waals surface area contributed by atoms with Crippen LogP contribution in [-0.4, -0.2) is 37.6 Å². The van der Waals surface area contributed by atoms with Gasteiger partial charge in [-0.15, -0.1) is 0 Å². The van der Waals surface area contributed by atoms with Gasteiger partial charge in [0.2, 0.25) is 0 Å². The lowest BCUT2D eigenvalue weighted by molar-refractivity contribution is 0.272. The highest BCUT2D eigenvalue weighted by atomic mass is 19.1. The number of benzene rings is 1. The van der Waals surface area contributed by atoms with Gasteiger partial charge in [0.15, 0.2) is 0 Å². The third-order valence-electron chi connectivity index (χ3n) is 5.19. The first-order chi connectivity index (χ1) is 11.1. The molecule has 1 heterocycles. The maximum atomic E-state index is 13.9. The maximum absolute atomic E-state index is 13.9. The van der Waals surface area contributed by atoms with E-state index in [-0.39, 0.29) is 5.82 Å². The second-order valence-electron chi connectivity index (χ2n) is 6.89. The van der Waals surface area contributed by atoms with Gasteiger partial charge in [-0.2, -0.15) is 0 Å². The molecule has 0 radical (unpaired) electrons. The Morgan fingerprint density at radius 2 is 1.96 bits per heavy atom. The summed E-state index contributed by atoms with van der Waals surface area (Å²) in [6.07, 6.45) is 6.02. The van der Waals surface area contributed by atoms with Gasteiger partial charge in [0.25, 0.3) is 0 Å². The van der Waals surface area contributed by atoms with E-state index in [0.29, 0.717) is 5.92 Å². The molecule has 0 saturated carbocycles. The van der Waals surface area contributed by atoms with Crippen molar-refractivity contribution < 1.29 is 4.39 Å². The highest BCUT2D eigenvalue weighted by Gasteiger charge is 2.21.